The zero-order chi connectivity index (χ0) is 20.4. The van der Waals surface area contributed by atoms with E-state index < -0.39 is 5.82 Å². The number of carbonyl (C=O) groups excluding carboxylic acids is 1. The van der Waals surface area contributed by atoms with Crippen LogP contribution in [0.3, 0.4) is 0 Å². The third-order valence-corrected chi connectivity index (χ3v) is 5.43. The van der Waals surface area contributed by atoms with E-state index in [1.54, 1.807) is 30.5 Å². The Kier molecular flexibility index (Phi) is 5.65. The van der Waals surface area contributed by atoms with Crippen LogP contribution < -0.4 is 4.74 Å². The van der Waals surface area contributed by atoms with Crippen LogP contribution in [0.15, 0.2) is 42.6 Å². The molecule has 0 amide bonds. The minimum absolute atomic E-state index is 0.285. The lowest BCUT2D eigenvalue weighted by atomic mass is 10.1. The molecule has 150 valence electrons. The monoisotopic (exact) mass is 413 g/mol. The van der Waals surface area contributed by atoms with Gasteiger partial charge in [0.2, 0.25) is 0 Å². The predicted octanol–water partition coefficient (Wildman–Crippen LogP) is 5.08. The molecular weight excluding hydrogens is 393 g/mol. The van der Waals surface area contributed by atoms with Gasteiger partial charge in [-0.3, -0.25) is 9.69 Å². The van der Waals surface area contributed by atoms with Gasteiger partial charge in [-0.25, -0.2) is 9.37 Å². The quantitative estimate of drug-likeness (QED) is 0.529. The summed E-state index contributed by atoms with van der Waals surface area (Å²) in [5.41, 5.74) is 1.50. The summed E-state index contributed by atoms with van der Waals surface area (Å²) in [5, 5.41) is 0.433. The van der Waals surface area contributed by atoms with Crippen molar-refractivity contribution in [3.05, 3.63) is 64.8 Å². The highest BCUT2D eigenvalue weighted by atomic mass is 35.5. The maximum Gasteiger partial charge on any atom is 0.153 e. The van der Waals surface area contributed by atoms with Gasteiger partial charge in [0.15, 0.2) is 6.29 Å². The van der Waals surface area contributed by atoms with Crippen LogP contribution in [0.2, 0.25) is 5.02 Å². The summed E-state index contributed by atoms with van der Waals surface area (Å²) in [6, 6.07) is 9.32. The Balaban J connectivity index is 1.57. The second-order valence-electron chi connectivity index (χ2n) is 7.15. The Morgan fingerprint density at radius 2 is 2.00 bits per heavy atom. The molecule has 1 fully saturated rings. The predicted molar refractivity (Wildman–Crippen MR) is 110 cm³/mol. The lowest BCUT2D eigenvalue weighted by molar-refractivity contribution is 0.112. The van der Waals surface area contributed by atoms with Gasteiger partial charge in [-0.2, -0.15) is 0 Å². The molecule has 1 aliphatic heterocycles. The number of rotatable bonds is 6. The zero-order valence-electron chi connectivity index (χ0n) is 16.1. The number of benzene rings is 2. The molecule has 3 aromatic rings. The molecule has 29 heavy (non-hydrogen) atoms. The molecule has 1 aromatic heterocycles. The van der Waals surface area contributed by atoms with Crippen LogP contribution in [-0.4, -0.2) is 33.8 Å². The largest absolute Gasteiger partial charge is 0.456 e. The average molecular weight is 414 g/mol. The van der Waals surface area contributed by atoms with E-state index in [4.69, 9.17) is 16.3 Å². The van der Waals surface area contributed by atoms with E-state index >= 15 is 0 Å². The molecule has 4 rings (SSSR count). The number of aldehydes is 1. The molecule has 0 atom stereocenters. The van der Waals surface area contributed by atoms with Crippen LogP contribution in [0.1, 0.15) is 29.0 Å². The lowest BCUT2D eigenvalue weighted by Gasteiger charge is -2.15. The number of halogens is 2. The summed E-state index contributed by atoms with van der Waals surface area (Å²) in [6.07, 6.45) is 4.80. The first-order valence-electron chi connectivity index (χ1n) is 9.50. The van der Waals surface area contributed by atoms with Crippen molar-refractivity contribution in [1.82, 2.24) is 14.5 Å². The molecule has 1 aliphatic rings. The van der Waals surface area contributed by atoms with Gasteiger partial charge in [0.1, 0.15) is 23.1 Å². The molecular formula is C22H21ClFN3O2. The van der Waals surface area contributed by atoms with Crippen molar-refractivity contribution >= 4 is 17.9 Å². The molecule has 2 aromatic carbocycles. The van der Waals surface area contributed by atoms with E-state index in [1.165, 1.54) is 25.0 Å². The number of ether oxygens (including phenoxy) is 1. The molecule has 0 saturated carbocycles. The van der Waals surface area contributed by atoms with Gasteiger partial charge in [-0.15, -0.1) is 0 Å². The minimum atomic E-state index is -0.423. The van der Waals surface area contributed by atoms with Crippen LogP contribution in [0.4, 0.5) is 4.39 Å². The third-order valence-electron chi connectivity index (χ3n) is 5.19. The fourth-order valence-electron chi connectivity index (χ4n) is 3.57. The van der Waals surface area contributed by atoms with E-state index in [1.807, 2.05) is 11.6 Å². The van der Waals surface area contributed by atoms with Crippen molar-refractivity contribution < 1.29 is 13.9 Å². The molecule has 0 aliphatic carbocycles. The fraction of sp³-hybridized carbons (Fsp3) is 0.273. The Morgan fingerprint density at radius 3 is 2.72 bits per heavy atom. The second kappa shape index (κ2) is 8.35. The molecule has 0 radical (unpaired) electrons. The highest BCUT2D eigenvalue weighted by Crippen LogP contribution is 2.31. The van der Waals surface area contributed by atoms with Gasteiger partial charge in [0.25, 0.3) is 0 Å². The summed E-state index contributed by atoms with van der Waals surface area (Å²) in [4.78, 5) is 18.0. The van der Waals surface area contributed by atoms with Gasteiger partial charge in [0.05, 0.1) is 24.0 Å². The van der Waals surface area contributed by atoms with Gasteiger partial charge in [0, 0.05) is 29.8 Å². The van der Waals surface area contributed by atoms with Gasteiger partial charge < -0.3 is 9.30 Å². The molecule has 0 bridgehead atoms. The summed E-state index contributed by atoms with van der Waals surface area (Å²) in [6.45, 7) is 2.92. The first kappa shape index (κ1) is 19.6. The average Bonchev–Trinajstić information content (AvgIpc) is 3.33. The SMILES string of the molecule is Cn1c(-c2ccc(Oc3cc(Cl)ccc3C=O)cc2F)cnc1CN1CCCC1. The van der Waals surface area contributed by atoms with Crippen LogP contribution in [0.5, 0.6) is 11.5 Å². The highest BCUT2D eigenvalue weighted by Gasteiger charge is 2.18. The summed E-state index contributed by atoms with van der Waals surface area (Å²) in [5.74, 6) is 1.06. The number of hydrogen-bond acceptors (Lipinski definition) is 4. The molecule has 0 unspecified atom stereocenters. The van der Waals surface area contributed by atoms with Crippen molar-refractivity contribution in [3.63, 3.8) is 0 Å². The van der Waals surface area contributed by atoms with Crippen molar-refractivity contribution in [1.29, 1.82) is 0 Å². The fourth-order valence-corrected chi connectivity index (χ4v) is 3.74. The summed E-state index contributed by atoms with van der Waals surface area (Å²) < 4.78 is 22.5. The van der Waals surface area contributed by atoms with Crippen LogP contribution >= 0.6 is 11.6 Å². The lowest BCUT2D eigenvalue weighted by Crippen LogP contribution is -2.20. The van der Waals surface area contributed by atoms with Crippen LogP contribution in [0.25, 0.3) is 11.3 Å². The van der Waals surface area contributed by atoms with E-state index in [0.717, 1.165) is 25.5 Å². The first-order valence-corrected chi connectivity index (χ1v) is 9.88. The topological polar surface area (TPSA) is 47.4 Å². The van der Waals surface area contributed by atoms with E-state index in [0.29, 0.717) is 28.1 Å². The van der Waals surface area contributed by atoms with E-state index in [9.17, 15) is 9.18 Å². The Hall–Kier alpha value is -2.70. The highest BCUT2D eigenvalue weighted by molar-refractivity contribution is 6.30. The number of carbonyl (C=O) groups is 1. The molecule has 5 nitrogen and oxygen atoms in total. The van der Waals surface area contributed by atoms with Gasteiger partial charge >= 0.3 is 0 Å². The van der Waals surface area contributed by atoms with Crippen molar-refractivity contribution in [2.24, 2.45) is 7.05 Å². The van der Waals surface area contributed by atoms with Crippen molar-refractivity contribution in [2.75, 3.05) is 13.1 Å². The minimum Gasteiger partial charge on any atom is -0.456 e. The first-order chi connectivity index (χ1) is 14.0. The van der Waals surface area contributed by atoms with Crippen LogP contribution in [0, 0.1) is 5.82 Å². The number of aromatic nitrogens is 2. The normalized spacial score (nSPS) is 14.3. The smallest absolute Gasteiger partial charge is 0.153 e. The third kappa shape index (κ3) is 4.18. The number of likely N-dealkylation sites (tertiary alicyclic amines) is 1. The molecule has 0 spiro atoms. The summed E-state index contributed by atoms with van der Waals surface area (Å²) >= 11 is 5.97. The molecule has 1 saturated heterocycles. The van der Waals surface area contributed by atoms with Gasteiger partial charge in [-0.1, -0.05) is 11.6 Å². The van der Waals surface area contributed by atoms with Crippen molar-refractivity contribution in [3.8, 4) is 22.8 Å². The van der Waals surface area contributed by atoms with E-state index in [2.05, 4.69) is 9.88 Å². The van der Waals surface area contributed by atoms with Gasteiger partial charge in [-0.05, 0) is 50.2 Å². The maximum atomic E-state index is 14.9. The van der Waals surface area contributed by atoms with Crippen molar-refractivity contribution in [2.45, 2.75) is 19.4 Å². The Morgan fingerprint density at radius 1 is 1.21 bits per heavy atom. The number of hydrogen-bond donors (Lipinski definition) is 0. The number of imidazole rings is 1. The molecule has 2 heterocycles. The molecule has 0 N–H and O–H groups in total. The maximum absolute atomic E-state index is 14.9. The number of nitrogens with zero attached hydrogens (tertiary/aromatic N) is 3. The molecule has 7 heteroatoms. The Labute approximate surface area is 173 Å². The summed E-state index contributed by atoms with van der Waals surface area (Å²) in [7, 11) is 1.90. The van der Waals surface area contributed by atoms with E-state index in [-0.39, 0.29) is 11.5 Å². The van der Waals surface area contributed by atoms with Crippen LogP contribution in [-0.2, 0) is 13.6 Å². The second-order valence-corrected chi connectivity index (χ2v) is 7.58. The standard InChI is InChI=1S/C22H21ClFN3O2/c1-26-20(12-25-22(26)13-27-8-2-3-9-27)18-7-6-17(11-19(18)24)29-21-10-16(23)5-4-15(21)14-28/h4-7,10-12,14H,2-3,8-9,13H2,1H3. The zero-order valence-corrected chi connectivity index (χ0v) is 16.8. The Bertz CT molecular complexity index is 1040.